The molecular weight excluding hydrogens is 256 g/mol. The van der Waals surface area contributed by atoms with Crippen LogP contribution in [-0.2, 0) is 17.6 Å². The van der Waals surface area contributed by atoms with Crippen molar-refractivity contribution in [3.8, 4) is 5.75 Å². The van der Waals surface area contributed by atoms with Crippen LogP contribution in [0.5, 0.6) is 5.75 Å². The van der Waals surface area contributed by atoms with Gasteiger partial charge in [0.2, 0.25) is 5.91 Å². The molecule has 0 saturated heterocycles. The quantitative estimate of drug-likeness (QED) is 0.755. The van der Waals surface area contributed by atoms with Gasteiger partial charge in [-0.15, -0.1) is 0 Å². The summed E-state index contributed by atoms with van der Waals surface area (Å²) in [6.45, 7) is 3.91. The average Bonchev–Trinajstić information content (AvgIpc) is 2.37. The van der Waals surface area contributed by atoms with E-state index >= 15 is 0 Å². The lowest BCUT2D eigenvalue weighted by Crippen LogP contribution is -2.21. The summed E-state index contributed by atoms with van der Waals surface area (Å²) in [7, 11) is 0. The lowest BCUT2D eigenvalue weighted by atomic mass is 9.98. The second-order valence-corrected chi connectivity index (χ2v) is 4.74. The van der Waals surface area contributed by atoms with E-state index in [1.54, 1.807) is 12.1 Å². The standard InChI is InChI=1S/C15H22N2O3/c1-3-5-10-7-12(15(17)19)8-11(6-4-2)14(10)20-9-13(16)18/h7-8H,3-6,9H2,1-2H3,(H2,16,18)(H2,17,19). The van der Waals surface area contributed by atoms with Gasteiger partial charge in [-0.1, -0.05) is 26.7 Å². The van der Waals surface area contributed by atoms with Gasteiger partial charge in [-0.25, -0.2) is 0 Å². The number of aryl methyl sites for hydroxylation is 2. The zero-order valence-corrected chi connectivity index (χ0v) is 12.1. The van der Waals surface area contributed by atoms with Crippen LogP contribution in [0.2, 0.25) is 0 Å². The average molecular weight is 278 g/mol. The maximum atomic E-state index is 11.4. The van der Waals surface area contributed by atoms with Crippen molar-refractivity contribution in [3.63, 3.8) is 0 Å². The largest absolute Gasteiger partial charge is 0.483 e. The van der Waals surface area contributed by atoms with Gasteiger partial charge in [0.25, 0.3) is 5.91 Å². The van der Waals surface area contributed by atoms with Gasteiger partial charge < -0.3 is 16.2 Å². The highest BCUT2D eigenvalue weighted by atomic mass is 16.5. The Bertz CT molecular complexity index is 471. The van der Waals surface area contributed by atoms with Crippen LogP contribution in [0.15, 0.2) is 12.1 Å². The Balaban J connectivity index is 3.25. The SMILES string of the molecule is CCCc1cc(C(N)=O)cc(CCC)c1OCC(N)=O. The summed E-state index contributed by atoms with van der Waals surface area (Å²) in [4.78, 5) is 22.3. The van der Waals surface area contributed by atoms with Crippen molar-refractivity contribution >= 4 is 11.8 Å². The minimum Gasteiger partial charge on any atom is -0.483 e. The molecular formula is C15H22N2O3. The summed E-state index contributed by atoms with van der Waals surface area (Å²) in [6.07, 6.45) is 3.32. The zero-order chi connectivity index (χ0) is 15.1. The van der Waals surface area contributed by atoms with Gasteiger partial charge in [0.1, 0.15) is 5.75 Å². The van der Waals surface area contributed by atoms with Gasteiger partial charge in [0.15, 0.2) is 6.61 Å². The maximum Gasteiger partial charge on any atom is 0.255 e. The van der Waals surface area contributed by atoms with Gasteiger partial charge in [-0.3, -0.25) is 9.59 Å². The second kappa shape index (κ2) is 7.53. The summed E-state index contributed by atoms with van der Waals surface area (Å²) in [5.74, 6) is -0.312. The third kappa shape index (κ3) is 4.26. The molecule has 2 amide bonds. The molecule has 0 radical (unpaired) electrons. The van der Waals surface area contributed by atoms with Crippen LogP contribution in [0.4, 0.5) is 0 Å². The van der Waals surface area contributed by atoms with Crippen molar-refractivity contribution in [2.75, 3.05) is 6.61 Å². The van der Waals surface area contributed by atoms with Crippen LogP contribution in [0.3, 0.4) is 0 Å². The van der Waals surface area contributed by atoms with Gasteiger partial charge in [0, 0.05) is 5.56 Å². The van der Waals surface area contributed by atoms with Crippen molar-refractivity contribution < 1.29 is 14.3 Å². The van der Waals surface area contributed by atoms with E-state index in [2.05, 4.69) is 0 Å². The molecule has 5 nitrogen and oxygen atoms in total. The van der Waals surface area contributed by atoms with Crippen LogP contribution in [0.25, 0.3) is 0 Å². The number of carbonyl (C=O) groups is 2. The summed E-state index contributed by atoms with van der Waals surface area (Å²) in [6, 6.07) is 3.47. The third-order valence-electron chi connectivity index (χ3n) is 2.92. The number of carbonyl (C=O) groups excluding carboxylic acids is 2. The Hall–Kier alpha value is -2.04. The molecule has 1 aromatic rings. The van der Waals surface area contributed by atoms with Crippen LogP contribution < -0.4 is 16.2 Å². The van der Waals surface area contributed by atoms with Crippen LogP contribution in [-0.4, -0.2) is 18.4 Å². The molecule has 0 aliphatic carbocycles. The van der Waals surface area contributed by atoms with E-state index in [0.717, 1.165) is 36.8 Å². The van der Waals surface area contributed by atoms with E-state index in [-0.39, 0.29) is 6.61 Å². The molecule has 0 aliphatic rings. The highest BCUT2D eigenvalue weighted by Crippen LogP contribution is 2.28. The van der Waals surface area contributed by atoms with Gasteiger partial charge in [-0.05, 0) is 36.1 Å². The Labute approximate surface area is 119 Å². The lowest BCUT2D eigenvalue weighted by molar-refractivity contribution is -0.119. The fourth-order valence-corrected chi connectivity index (χ4v) is 2.14. The Kier molecular flexibility index (Phi) is 6.03. The molecule has 0 unspecified atom stereocenters. The van der Waals surface area contributed by atoms with Gasteiger partial charge in [0.05, 0.1) is 0 Å². The first-order valence-electron chi connectivity index (χ1n) is 6.86. The molecule has 5 heteroatoms. The highest BCUT2D eigenvalue weighted by Gasteiger charge is 2.14. The molecule has 0 aromatic heterocycles. The first-order chi connectivity index (χ1) is 9.49. The lowest BCUT2D eigenvalue weighted by Gasteiger charge is -2.16. The minimum atomic E-state index is -0.520. The maximum absolute atomic E-state index is 11.4. The predicted molar refractivity (Wildman–Crippen MR) is 77.6 cm³/mol. The molecule has 20 heavy (non-hydrogen) atoms. The smallest absolute Gasteiger partial charge is 0.255 e. The molecule has 4 N–H and O–H groups in total. The topological polar surface area (TPSA) is 95.4 Å². The number of nitrogens with two attached hydrogens (primary N) is 2. The zero-order valence-electron chi connectivity index (χ0n) is 12.1. The van der Waals surface area contributed by atoms with E-state index in [9.17, 15) is 9.59 Å². The first-order valence-corrected chi connectivity index (χ1v) is 6.86. The van der Waals surface area contributed by atoms with Crippen molar-refractivity contribution in [1.82, 2.24) is 0 Å². The number of hydrogen-bond acceptors (Lipinski definition) is 3. The van der Waals surface area contributed by atoms with Crippen molar-refractivity contribution in [1.29, 1.82) is 0 Å². The molecule has 110 valence electrons. The van der Waals surface area contributed by atoms with Crippen molar-refractivity contribution in [3.05, 3.63) is 28.8 Å². The molecule has 0 heterocycles. The van der Waals surface area contributed by atoms with Crippen molar-refractivity contribution in [2.24, 2.45) is 11.5 Å². The monoisotopic (exact) mass is 278 g/mol. The normalized spacial score (nSPS) is 10.3. The van der Waals surface area contributed by atoms with E-state index in [1.165, 1.54) is 0 Å². The molecule has 0 fully saturated rings. The number of rotatable bonds is 8. The summed E-state index contributed by atoms with van der Waals surface area (Å²) >= 11 is 0. The molecule has 0 spiro atoms. The molecule has 0 atom stereocenters. The molecule has 0 aliphatic heterocycles. The molecule has 1 rings (SSSR count). The predicted octanol–water partition coefficient (Wildman–Crippen LogP) is 1.55. The Morgan fingerprint density at radius 1 is 1.05 bits per heavy atom. The Morgan fingerprint density at radius 2 is 1.55 bits per heavy atom. The summed E-state index contributed by atoms with van der Waals surface area (Å²) < 4.78 is 5.54. The first kappa shape index (κ1) is 16.0. The summed E-state index contributed by atoms with van der Waals surface area (Å²) in [5, 5.41) is 0. The van der Waals surface area contributed by atoms with E-state index in [4.69, 9.17) is 16.2 Å². The molecule has 1 aromatic carbocycles. The highest BCUT2D eigenvalue weighted by molar-refractivity contribution is 5.93. The van der Waals surface area contributed by atoms with Crippen molar-refractivity contribution in [2.45, 2.75) is 39.5 Å². The van der Waals surface area contributed by atoms with Crippen LogP contribution in [0.1, 0.15) is 48.2 Å². The number of hydrogen-bond donors (Lipinski definition) is 2. The number of primary amides is 2. The second-order valence-electron chi connectivity index (χ2n) is 4.74. The number of ether oxygens (including phenoxy) is 1. The third-order valence-corrected chi connectivity index (χ3v) is 2.92. The molecule has 0 bridgehead atoms. The Morgan fingerprint density at radius 3 is 1.90 bits per heavy atom. The molecule has 0 saturated carbocycles. The van der Waals surface area contributed by atoms with E-state index in [0.29, 0.717) is 11.3 Å². The summed E-state index contributed by atoms with van der Waals surface area (Å²) in [5.41, 5.74) is 12.8. The van der Waals surface area contributed by atoms with E-state index < -0.39 is 11.8 Å². The van der Waals surface area contributed by atoms with Gasteiger partial charge in [-0.2, -0.15) is 0 Å². The fourth-order valence-electron chi connectivity index (χ4n) is 2.14. The number of amides is 2. The van der Waals surface area contributed by atoms with Gasteiger partial charge >= 0.3 is 0 Å². The van der Waals surface area contributed by atoms with Crippen LogP contribution in [0, 0.1) is 0 Å². The number of benzene rings is 1. The minimum absolute atomic E-state index is 0.163. The fraction of sp³-hybridized carbons (Fsp3) is 0.467. The van der Waals surface area contributed by atoms with Crippen LogP contribution >= 0.6 is 0 Å². The van der Waals surface area contributed by atoms with E-state index in [1.807, 2.05) is 13.8 Å².